The molecule has 0 bridgehead atoms. The molecule has 0 aliphatic carbocycles. The Labute approximate surface area is 146 Å². The van der Waals surface area contributed by atoms with Crippen molar-refractivity contribution in [3.8, 4) is 11.8 Å². The number of nitriles is 1. The van der Waals surface area contributed by atoms with Gasteiger partial charge in [0.1, 0.15) is 17.4 Å². The molecule has 0 radical (unpaired) electrons. The highest BCUT2D eigenvalue weighted by Crippen LogP contribution is 2.27. The van der Waals surface area contributed by atoms with Gasteiger partial charge in [-0.15, -0.1) is 0 Å². The lowest BCUT2D eigenvalue weighted by Crippen LogP contribution is -2.12. The van der Waals surface area contributed by atoms with Crippen LogP contribution < -0.4 is 4.74 Å². The van der Waals surface area contributed by atoms with Crippen molar-refractivity contribution in [2.45, 2.75) is 0 Å². The Balaban J connectivity index is 2.10. The number of para-hydroxylation sites is 1. The summed E-state index contributed by atoms with van der Waals surface area (Å²) in [6, 6.07) is 29.5. The minimum absolute atomic E-state index is 0.0266. The van der Waals surface area contributed by atoms with Gasteiger partial charge in [-0.3, -0.25) is 0 Å². The Morgan fingerprint density at radius 1 is 0.720 bits per heavy atom. The highest BCUT2D eigenvalue weighted by molar-refractivity contribution is 6.06. The molecule has 0 amide bonds. The van der Waals surface area contributed by atoms with Crippen LogP contribution in [-0.2, 0) is 4.79 Å². The number of esters is 1. The quantitative estimate of drug-likeness (QED) is 0.304. The van der Waals surface area contributed by atoms with Crippen molar-refractivity contribution >= 4 is 11.5 Å². The van der Waals surface area contributed by atoms with Crippen LogP contribution in [0.25, 0.3) is 5.57 Å². The Morgan fingerprint density at radius 3 is 1.60 bits per heavy atom. The molecule has 0 N–H and O–H groups in total. The minimum atomic E-state index is -0.670. The number of hydrogen-bond donors (Lipinski definition) is 0. The SMILES string of the molecule is N#CC(C(=O)Oc1ccccc1)=C(c1ccccc1)c1ccccc1. The Morgan fingerprint density at radius 2 is 1.16 bits per heavy atom. The number of carbonyl (C=O) groups is 1. The Hall–Kier alpha value is -3.64. The third-order valence-electron chi connectivity index (χ3n) is 3.64. The van der Waals surface area contributed by atoms with Crippen molar-refractivity contribution in [3.63, 3.8) is 0 Å². The number of hydrogen-bond acceptors (Lipinski definition) is 3. The van der Waals surface area contributed by atoms with Crippen molar-refractivity contribution < 1.29 is 9.53 Å². The van der Waals surface area contributed by atoms with E-state index in [0.29, 0.717) is 11.3 Å². The van der Waals surface area contributed by atoms with Gasteiger partial charge in [-0.1, -0.05) is 78.9 Å². The molecule has 120 valence electrons. The number of rotatable bonds is 4. The van der Waals surface area contributed by atoms with Crippen LogP contribution in [0.15, 0.2) is 96.6 Å². The zero-order valence-corrected chi connectivity index (χ0v) is 13.4. The summed E-state index contributed by atoms with van der Waals surface area (Å²) in [6.45, 7) is 0. The Bertz CT molecular complexity index is 883. The summed E-state index contributed by atoms with van der Waals surface area (Å²) in [4.78, 5) is 12.6. The van der Waals surface area contributed by atoms with E-state index >= 15 is 0 Å². The molecule has 0 saturated heterocycles. The lowest BCUT2D eigenvalue weighted by molar-refractivity contribution is -0.129. The molecule has 0 saturated carbocycles. The van der Waals surface area contributed by atoms with Crippen LogP contribution in [0.1, 0.15) is 11.1 Å². The average molecular weight is 325 g/mol. The molecular weight excluding hydrogens is 310 g/mol. The van der Waals surface area contributed by atoms with E-state index in [1.807, 2.05) is 72.8 Å². The van der Waals surface area contributed by atoms with E-state index in [4.69, 9.17) is 4.74 Å². The molecule has 0 heterocycles. The maximum atomic E-state index is 12.6. The lowest BCUT2D eigenvalue weighted by Gasteiger charge is -2.11. The first-order valence-electron chi connectivity index (χ1n) is 7.82. The second-order valence-electron chi connectivity index (χ2n) is 5.30. The van der Waals surface area contributed by atoms with Gasteiger partial charge >= 0.3 is 5.97 Å². The maximum Gasteiger partial charge on any atom is 0.354 e. The molecular formula is C22H15NO2. The van der Waals surface area contributed by atoms with E-state index in [1.165, 1.54) is 0 Å². The molecule has 0 atom stereocenters. The number of benzene rings is 3. The largest absolute Gasteiger partial charge is 0.422 e. The Kier molecular flexibility index (Phi) is 5.04. The molecule has 0 aromatic heterocycles. The standard InChI is InChI=1S/C22H15NO2/c23-16-20(22(24)25-19-14-8-3-9-15-19)21(17-10-4-1-5-11-17)18-12-6-2-7-13-18/h1-15H. The monoisotopic (exact) mass is 325 g/mol. The van der Waals surface area contributed by atoms with Crippen LogP contribution >= 0.6 is 0 Å². The second-order valence-corrected chi connectivity index (χ2v) is 5.30. The van der Waals surface area contributed by atoms with Crippen molar-refractivity contribution in [2.24, 2.45) is 0 Å². The highest BCUT2D eigenvalue weighted by atomic mass is 16.5. The molecule has 0 aliphatic heterocycles. The number of carbonyl (C=O) groups excluding carboxylic acids is 1. The molecule has 0 aliphatic rings. The predicted octanol–water partition coefficient (Wildman–Crippen LogP) is 4.62. The fourth-order valence-corrected chi connectivity index (χ4v) is 2.52. The molecule has 25 heavy (non-hydrogen) atoms. The van der Waals surface area contributed by atoms with Crippen molar-refractivity contribution in [2.75, 3.05) is 0 Å². The predicted molar refractivity (Wildman–Crippen MR) is 96.6 cm³/mol. The van der Waals surface area contributed by atoms with Gasteiger partial charge in [0.15, 0.2) is 0 Å². The third-order valence-corrected chi connectivity index (χ3v) is 3.64. The molecule has 3 nitrogen and oxygen atoms in total. The maximum absolute atomic E-state index is 12.6. The van der Waals surface area contributed by atoms with Crippen LogP contribution in [0.4, 0.5) is 0 Å². The van der Waals surface area contributed by atoms with Crippen LogP contribution in [-0.4, -0.2) is 5.97 Å². The summed E-state index contributed by atoms with van der Waals surface area (Å²) in [5.41, 5.74) is 2.11. The zero-order valence-electron chi connectivity index (χ0n) is 13.4. The molecule has 0 spiro atoms. The smallest absolute Gasteiger partial charge is 0.354 e. The first-order valence-corrected chi connectivity index (χ1v) is 7.82. The summed E-state index contributed by atoms with van der Waals surface area (Å²) < 4.78 is 5.37. The van der Waals surface area contributed by atoms with E-state index in [-0.39, 0.29) is 5.57 Å². The molecule has 3 aromatic carbocycles. The number of nitrogens with zero attached hydrogens (tertiary/aromatic N) is 1. The van der Waals surface area contributed by atoms with Gasteiger partial charge in [-0.05, 0) is 23.3 Å². The van der Waals surface area contributed by atoms with Crippen LogP contribution in [0.2, 0.25) is 0 Å². The third kappa shape index (κ3) is 3.82. The van der Waals surface area contributed by atoms with E-state index in [0.717, 1.165) is 11.1 Å². The number of ether oxygens (including phenoxy) is 1. The van der Waals surface area contributed by atoms with Gasteiger partial charge in [0.25, 0.3) is 0 Å². The van der Waals surface area contributed by atoms with Crippen LogP contribution in [0.3, 0.4) is 0 Å². The minimum Gasteiger partial charge on any atom is -0.422 e. The van der Waals surface area contributed by atoms with Gasteiger partial charge < -0.3 is 4.74 Å². The normalized spacial score (nSPS) is 9.72. The molecule has 3 aromatic rings. The van der Waals surface area contributed by atoms with Crippen molar-refractivity contribution in [1.29, 1.82) is 5.26 Å². The van der Waals surface area contributed by atoms with Gasteiger partial charge in [0.2, 0.25) is 0 Å². The van der Waals surface area contributed by atoms with Gasteiger partial charge in [0, 0.05) is 5.57 Å². The fraction of sp³-hybridized carbons (Fsp3) is 0. The van der Waals surface area contributed by atoms with Crippen LogP contribution in [0, 0.1) is 11.3 Å². The average Bonchev–Trinajstić information content (AvgIpc) is 2.68. The summed E-state index contributed by atoms with van der Waals surface area (Å²) in [7, 11) is 0. The summed E-state index contributed by atoms with van der Waals surface area (Å²) >= 11 is 0. The summed E-state index contributed by atoms with van der Waals surface area (Å²) in [5, 5.41) is 9.66. The first kappa shape index (κ1) is 16.2. The van der Waals surface area contributed by atoms with Crippen molar-refractivity contribution in [3.05, 3.63) is 108 Å². The first-order chi connectivity index (χ1) is 12.3. The van der Waals surface area contributed by atoms with Crippen LogP contribution in [0.5, 0.6) is 5.75 Å². The summed E-state index contributed by atoms with van der Waals surface area (Å²) in [6.07, 6.45) is 0. The molecule has 3 rings (SSSR count). The fourth-order valence-electron chi connectivity index (χ4n) is 2.52. The van der Waals surface area contributed by atoms with Gasteiger partial charge in [-0.25, -0.2) is 4.79 Å². The highest BCUT2D eigenvalue weighted by Gasteiger charge is 2.20. The topological polar surface area (TPSA) is 50.1 Å². The van der Waals surface area contributed by atoms with E-state index < -0.39 is 5.97 Å². The van der Waals surface area contributed by atoms with E-state index in [9.17, 15) is 10.1 Å². The lowest BCUT2D eigenvalue weighted by atomic mass is 9.93. The van der Waals surface area contributed by atoms with Crippen molar-refractivity contribution in [1.82, 2.24) is 0 Å². The zero-order chi connectivity index (χ0) is 17.5. The molecule has 3 heteroatoms. The summed E-state index contributed by atoms with van der Waals surface area (Å²) in [5.74, 6) is -0.267. The molecule has 0 unspecified atom stereocenters. The van der Waals surface area contributed by atoms with E-state index in [2.05, 4.69) is 0 Å². The molecule has 0 fully saturated rings. The second kappa shape index (κ2) is 7.76. The van der Waals surface area contributed by atoms with Gasteiger partial charge in [0.05, 0.1) is 0 Å². The van der Waals surface area contributed by atoms with E-state index in [1.54, 1.807) is 24.3 Å². The van der Waals surface area contributed by atoms with Gasteiger partial charge in [-0.2, -0.15) is 5.26 Å².